The molecule has 0 aromatic heterocycles. The van der Waals surface area contributed by atoms with Crippen LogP contribution in [-0.4, -0.2) is 17.0 Å². The number of benzene rings is 2. The van der Waals surface area contributed by atoms with Crippen molar-refractivity contribution in [3.63, 3.8) is 0 Å². The highest BCUT2D eigenvalue weighted by molar-refractivity contribution is 9.10. The summed E-state index contributed by atoms with van der Waals surface area (Å²) in [5.74, 6) is -1.36. The van der Waals surface area contributed by atoms with Crippen LogP contribution in [0.15, 0.2) is 40.9 Å². The lowest BCUT2D eigenvalue weighted by molar-refractivity contribution is 0.0696. The molecule has 108 valence electrons. The fourth-order valence-electron chi connectivity index (χ4n) is 1.85. The molecular formula is C15H11BrClNO3. The summed E-state index contributed by atoms with van der Waals surface area (Å²) < 4.78 is 0.745. The number of halogens is 2. The van der Waals surface area contributed by atoms with Gasteiger partial charge in [-0.3, -0.25) is 4.79 Å². The van der Waals surface area contributed by atoms with Gasteiger partial charge >= 0.3 is 5.97 Å². The van der Waals surface area contributed by atoms with Gasteiger partial charge in [0.2, 0.25) is 0 Å². The number of rotatable bonds is 3. The zero-order chi connectivity index (χ0) is 15.6. The Morgan fingerprint density at radius 3 is 2.48 bits per heavy atom. The number of hydrogen-bond donors (Lipinski definition) is 2. The van der Waals surface area contributed by atoms with Crippen LogP contribution in [0, 0.1) is 6.92 Å². The Morgan fingerprint density at radius 1 is 1.14 bits per heavy atom. The minimum Gasteiger partial charge on any atom is -0.478 e. The standard InChI is InChI=1S/C15H11BrClNO3/c1-8-6-10(3-4-11(8)15(20)21)18-14(19)12-7-9(16)2-5-13(12)17/h2-7H,1H3,(H,18,19)(H,20,21). The van der Waals surface area contributed by atoms with Crippen molar-refractivity contribution in [1.29, 1.82) is 0 Å². The van der Waals surface area contributed by atoms with Gasteiger partial charge in [-0.15, -0.1) is 0 Å². The number of carboxylic acids is 1. The van der Waals surface area contributed by atoms with E-state index in [9.17, 15) is 9.59 Å². The predicted molar refractivity (Wildman–Crippen MR) is 85.2 cm³/mol. The molecule has 4 nitrogen and oxygen atoms in total. The number of aryl methyl sites for hydroxylation is 1. The first-order valence-electron chi connectivity index (χ1n) is 5.99. The highest BCUT2D eigenvalue weighted by Crippen LogP contribution is 2.23. The summed E-state index contributed by atoms with van der Waals surface area (Å²) in [6.45, 7) is 1.67. The van der Waals surface area contributed by atoms with Gasteiger partial charge in [0.05, 0.1) is 16.1 Å². The van der Waals surface area contributed by atoms with Crippen LogP contribution in [0.5, 0.6) is 0 Å². The summed E-state index contributed by atoms with van der Waals surface area (Å²) in [5.41, 5.74) is 1.62. The van der Waals surface area contributed by atoms with Gasteiger partial charge < -0.3 is 10.4 Å². The van der Waals surface area contributed by atoms with Gasteiger partial charge in [0.15, 0.2) is 0 Å². The first kappa shape index (κ1) is 15.5. The van der Waals surface area contributed by atoms with E-state index in [1.807, 2.05) is 0 Å². The summed E-state index contributed by atoms with van der Waals surface area (Å²) >= 11 is 9.28. The first-order chi connectivity index (χ1) is 9.88. The number of carbonyl (C=O) groups is 2. The zero-order valence-corrected chi connectivity index (χ0v) is 13.3. The first-order valence-corrected chi connectivity index (χ1v) is 7.16. The van der Waals surface area contributed by atoms with E-state index >= 15 is 0 Å². The Morgan fingerprint density at radius 2 is 1.86 bits per heavy atom. The number of nitrogens with one attached hydrogen (secondary N) is 1. The second-order valence-corrected chi connectivity index (χ2v) is 5.74. The third-order valence-corrected chi connectivity index (χ3v) is 3.71. The maximum absolute atomic E-state index is 12.2. The summed E-state index contributed by atoms with van der Waals surface area (Å²) in [7, 11) is 0. The average molecular weight is 369 g/mol. The summed E-state index contributed by atoms with van der Waals surface area (Å²) in [5, 5.41) is 12.0. The number of aromatic carboxylic acids is 1. The van der Waals surface area contributed by atoms with Crippen LogP contribution in [0.25, 0.3) is 0 Å². The van der Waals surface area contributed by atoms with Crippen molar-refractivity contribution in [2.24, 2.45) is 0 Å². The van der Waals surface area contributed by atoms with Gasteiger partial charge in [0.25, 0.3) is 5.91 Å². The monoisotopic (exact) mass is 367 g/mol. The van der Waals surface area contributed by atoms with Crippen LogP contribution in [-0.2, 0) is 0 Å². The Bertz CT molecular complexity index is 731. The molecule has 0 fully saturated rings. The van der Waals surface area contributed by atoms with Gasteiger partial charge in [-0.05, 0) is 48.9 Å². The minimum atomic E-state index is -1.000. The highest BCUT2D eigenvalue weighted by atomic mass is 79.9. The van der Waals surface area contributed by atoms with Gasteiger partial charge in [-0.2, -0.15) is 0 Å². The molecule has 2 N–H and O–H groups in total. The Kier molecular flexibility index (Phi) is 4.65. The van der Waals surface area contributed by atoms with E-state index in [-0.39, 0.29) is 11.5 Å². The number of amides is 1. The molecule has 0 unspecified atom stereocenters. The predicted octanol–water partition coefficient (Wildman–Crippen LogP) is 4.36. The molecule has 0 heterocycles. The SMILES string of the molecule is Cc1cc(NC(=O)c2cc(Br)ccc2Cl)ccc1C(=O)O. The molecule has 0 aliphatic heterocycles. The number of carbonyl (C=O) groups excluding carboxylic acids is 1. The van der Waals surface area contributed by atoms with E-state index < -0.39 is 5.97 Å². The summed E-state index contributed by atoms with van der Waals surface area (Å²) in [6, 6.07) is 9.59. The van der Waals surface area contributed by atoms with Crippen LogP contribution in [0.3, 0.4) is 0 Å². The molecule has 0 saturated heterocycles. The zero-order valence-electron chi connectivity index (χ0n) is 11.0. The topological polar surface area (TPSA) is 66.4 Å². The molecule has 0 spiro atoms. The van der Waals surface area contributed by atoms with Crippen molar-refractivity contribution in [2.75, 3.05) is 5.32 Å². The molecule has 6 heteroatoms. The Hall–Kier alpha value is -1.85. The third-order valence-electron chi connectivity index (χ3n) is 2.89. The van der Waals surface area contributed by atoms with Crippen molar-refractivity contribution in [3.05, 3.63) is 62.6 Å². The molecule has 1 amide bonds. The number of carboxylic acid groups (broad SMARTS) is 1. The largest absolute Gasteiger partial charge is 0.478 e. The Labute approximate surface area is 134 Å². The molecule has 2 rings (SSSR count). The van der Waals surface area contributed by atoms with Crippen molar-refractivity contribution in [2.45, 2.75) is 6.92 Å². The molecule has 0 atom stereocenters. The van der Waals surface area contributed by atoms with Crippen molar-refractivity contribution in [3.8, 4) is 0 Å². The molecule has 21 heavy (non-hydrogen) atoms. The van der Waals surface area contributed by atoms with E-state index in [4.69, 9.17) is 16.7 Å². The molecule has 2 aromatic carbocycles. The van der Waals surface area contributed by atoms with Crippen LogP contribution in [0.4, 0.5) is 5.69 Å². The smallest absolute Gasteiger partial charge is 0.335 e. The molecule has 0 aliphatic carbocycles. The van der Waals surface area contributed by atoms with Crippen LogP contribution >= 0.6 is 27.5 Å². The van der Waals surface area contributed by atoms with Gasteiger partial charge in [0.1, 0.15) is 0 Å². The van der Waals surface area contributed by atoms with Crippen molar-refractivity contribution in [1.82, 2.24) is 0 Å². The quantitative estimate of drug-likeness (QED) is 0.846. The van der Waals surface area contributed by atoms with Gasteiger partial charge in [-0.25, -0.2) is 4.79 Å². The molecule has 0 aliphatic rings. The van der Waals surface area contributed by atoms with E-state index in [2.05, 4.69) is 21.2 Å². The van der Waals surface area contributed by atoms with E-state index in [0.717, 1.165) is 4.47 Å². The molecule has 0 bridgehead atoms. The van der Waals surface area contributed by atoms with Crippen LogP contribution in [0.2, 0.25) is 5.02 Å². The second-order valence-electron chi connectivity index (χ2n) is 4.41. The van der Waals surface area contributed by atoms with Crippen molar-refractivity contribution < 1.29 is 14.7 Å². The lowest BCUT2D eigenvalue weighted by atomic mass is 10.1. The van der Waals surface area contributed by atoms with Crippen LogP contribution < -0.4 is 5.32 Å². The summed E-state index contributed by atoms with van der Waals surface area (Å²) in [6.07, 6.45) is 0. The molecule has 2 aromatic rings. The highest BCUT2D eigenvalue weighted by Gasteiger charge is 2.13. The van der Waals surface area contributed by atoms with E-state index in [1.54, 1.807) is 37.3 Å². The summed E-state index contributed by atoms with van der Waals surface area (Å²) in [4.78, 5) is 23.1. The van der Waals surface area contributed by atoms with Gasteiger partial charge in [0, 0.05) is 10.2 Å². The second kappa shape index (κ2) is 6.28. The lowest BCUT2D eigenvalue weighted by Gasteiger charge is -2.09. The molecule has 0 radical (unpaired) electrons. The fourth-order valence-corrected chi connectivity index (χ4v) is 2.42. The van der Waals surface area contributed by atoms with E-state index in [1.165, 1.54) is 6.07 Å². The maximum atomic E-state index is 12.2. The lowest BCUT2D eigenvalue weighted by Crippen LogP contribution is -2.13. The number of anilines is 1. The molecule has 0 saturated carbocycles. The van der Waals surface area contributed by atoms with E-state index in [0.29, 0.717) is 21.8 Å². The van der Waals surface area contributed by atoms with Crippen LogP contribution in [0.1, 0.15) is 26.3 Å². The normalized spacial score (nSPS) is 10.2. The number of hydrogen-bond acceptors (Lipinski definition) is 2. The fraction of sp³-hybridized carbons (Fsp3) is 0.0667. The maximum Gasteiger partial charge on any atom is 0.335 e. The van der Waals surface area contributed by atoms with Gasteiger partial charge in [-0.1, -0.05) is 27.5 Å². The third kappa shape index (κ3) is 3.62. The molecular weight excluding hydrogens is 358 g/mol. The Balaban J connectivity index is 2.26. The van der Waals surface area contributed by atoms with Crippen molar-refractivity contribution >= 4 is 45.1 Å². The average Bonchev–Trinajstić information content (AvgIpc) is 2.41. The minimum absolute atomic E-state index is 0.202.